The fourth-order valence-corrected chi connectivity index (χ4v) is 2.81. The van der Waals surface area contributed by atoms with Crippen LogP contribution in [0.5, 0.6) is 11.5 Å². The fraction of sp³-hybridized carbons (Fsp3) is 0.182. The Hall–Kier alpha value is -2.20. The van der Waals surface area contributed by atoms with Crippen molar-refractivity contribution in [2.75, 3.05) is 7.11 Å². The molecule has 0 unspecified atom stereocenters. The molecule has 5 heteroatoms. The first kappa shape index (κ1) is 21.1. The van der Waals surface area contributed by atoms with Gasteiger partial charge in [-0.1, -0.05) is 54.1 Å². The summed E-state index contributed by atoms with van der Waals surface area (Å²) in [6, 6.07) is 23.9. The highest BCUT2D eigenvalue weighted by Crippen LogP contribution is 2.19. The molecule has 0 bridgehead atoms. The molecule has 0 atom stereocenters. The minimum atomic E-state index is 0. The second-order valence-corrected chi connectivity index (χ2v) is 6.39. The SMILES string of the molecule is COc1ccc(CNCc2cccc(OCc3ccccc3Cl)c2)cc1.Cl. The minimum absolute atomic E-state index is 0. The van der Waals surface area contributed by atoms with E-state index >= 15 is 0 Å². The molecule has 0 fully saturated rings. The summed E-state index contributed by atoms with van der Waals surface area (Å²) in [5.41, 5.74) is 3.38. The maximum Gasteiger partial charge on any atom is 0.120 e. The van der Waals surface area contributed by atoms with Crippen LogP contribution in [0.2, 0.25) is 5.02 Å². The van der Waals surface area contributed by atoms with E-state index in [1.807, 2.05) is 48.5 Å². The first-order chi connectivity index (χ1) is 12.7. The van der Waals surface area contributed by atoms with Gasteiger partial charge in [0.1, 0.15) is 18.1 Å². The molecule has 3 nitrogen and oxygen atoms in total. The molecule has 142 valence electrons. The molecule has 3 aromatic rings. The average Bonchev–Trinajstić information content (AvgIpc) is 2.68. The normalized spacial score (nSPS) is 10.1. The van der Waals surface area contributed by atoms with Crippen LogP contribution in [0, 0.1) is 0 Å². The van der Waals surface area contributed by atoms with Crippen LogP contribution >= 0.6 is 24.0 Å². The molecule has 0 spiro atoms. The lowest BCUT2D eigenvalue weighted by atomic mass is 10.2. The Kier molecular flexibility index (Phi) is 8.46. The molecule has 3 rings (SSSR count). The second kappa shape index (κ2) is 10.8. The van der Waals surface area contributed by atoms with E-state index < -0.39 is 0 Å². The van der Waals surface area contributed by atoms with Gasteiger partial charge in [-0.2, -0.15) is 0 Å². The van der Waals surface area contributed by atoms with Crippen LogP contribution in [0.4, 0.5) is 0 Å². The number of nitrogens with one attached hydrogen (secondary N) is 1. The maximum absolute atomic E-state index is 6.17. The number of hydrogen-bond donors (Lipinski definition) is 1. The zero-order valence-corrected chi connectivity index (χ0v) is 16.7. The average molecular weight is 404 g/mol. The van der Waals surface area contributed by atoms with Gasteiger partial charge in [0.25, 0.3) is 0 Å². The van der Waals surface area contributed by atoms with E-state index in [0.717, 1.165) is 35.2 Å². The predicted molar refractivity (Wildman–Crippen MR) is 113 cm³/mol. The summed E-state index contributed by atoms with van der Waals surface area (Å²) < 4.78 is 11.1. The highest BCUT2D eigenvalue weighted by Gasteiger charge is 2.02. The third-order valence-electron chi connectivity index (χ3n) is 4.07. The molecule has 0 aromatic heterocycles. The third-order valence-corrected chi connectivity index (χ3v) is 4.44. The molecule has 0 aliphatic carbocycles. The first-order valence-corrected chi connectivity index (χ1v) is 8.91. The van der Waals surface area contributed by atoms with Gasteiger partial charge >= 0.3 is 0 Å². The van der Waals surface area contributed by atoms with Crippen LogP contribution in [-0.4, -0.2) is 7.11 Å². The van der Waals surface area contributed by atoms with Gasteiger partial charge in [-0.25, -0.2) is 0 Å². The summed E-state index contributed by atoms with van der Waals surface area (Å²) in [7, 11) is 1.67. The van der Waals surface area contributed by atoms with Gasteiger partial charge in [-0.15, -0.1) is 12.4 Å². The molecule has 27 heavy (non-hydrogen) atoms. The monoisotopic (exact) mass is 403 g/mol. The largest absolute Gasteiger partial charge is 0.497 e. The predicted octanol–water partition coefficient (Wildman–Crippen LogP) is 5.64. The zero-order chi connectivity index (χ0) is 18.2. The summed E-state index contributed by atoms with van der Waals surface area (Å²) in [6.07, 6.45) is 0. The van der Waals surface area contributed by atoms with E-state index in [1.54, 1.807) is 7.11 Å². The fourth-order valence-electron chi connectivity index (χ4n) is 2.62. The highest BCUT2D eigenvalue weighted by atomic mass is 35.5. The molecule has 1 N–H and O–H groups in total. The Morgan fingerprint density at radius 1 is 0.815 bits per heavy atom. The van der Waals surface area contributed by atoms with Gasteiger partial charge in [0.05, 0.1) is 7.11 Å². The smallest absolute Gasteiger partial charge is 0.120 e. The highest BCUT2D eigenvalue weighted by molar-refractivity contribution is 6.31. The number of methoxy groups -OCH3 is 1. The van der Waals surface area contributed by atoms with E-state index in [0.29, 0.717) is 6.61 Å². The Labute approximate surface area is 171 Å². The van der Waals surface area contributed by atoms with Crippen LogP contribution in [0.15, 0.2) is 72.8 Å². The third kappa shape index (κ3) is 6.47. The molecule has 0 saturated heterocycles. The van der Waals surface area contributed by atoms with Gasteiger partial charge in [0, 0.05) is 23.7 Å². The quantitative estimate of drug-likeness (QED) is 0.527. The Balaban J connectivity index is 0.00000261. The molecule has 0 radical (unpaired) electrons. The molecule has 0 aliphatic rings. The minimum Gasteiger partial charge on any atom is -0.497 e. The molecular formula is C22H23Cl2NO2. The molecule has 0 heterocycles. The summed E-state index contributed by atoms with van der Waals surface area (Å²) in [6.45, 7) is 2.03. The van der Waals surface area contributed by atoms with Crippen molar-refractivity contribution in [1.29, 1.82) is 0 Å². The van der Waals surface area contributed by atoms with Crippen molar-refractivity contribution in [3.8, 4) is 11.5 Å². The second-order valence-electron chi connectivity index (χ2n) is 5.98. The zero-order valence-electron chi connectivity index (χ0n) is 15.2. The Bertz CT molecular complexity index is 838. The van der Waals surface area contributed by atoms with Crippen LogP contribution in [0.3, 0.4) is 0 Å². The van der Waals surface area contributed by atoms with Crippen LogP contribution in [0.25, 0.3) is 0 Å². The van der Waals surface area contributed by atoms with Crippen LogP contribution in [-0.2, 0) is 19.7 Å². The topological polar surface area (TPSA) is 30.5 Å². The molecule has 0 aliphatic heterocycles. The summed E-state index contributed by atoms with van der Waals surface area (Å²) in [4.78, 5) is 0. The van der Waals surface area contributed by atoms with Crippen molar-refractivity contribution >= 4 is 24.0 Å². The van der Waals surface area contributed by atoms with E-state index in [4.69, 9.17) is 21.1 Å². The molecule has 0 saturated carbocycles. The lowest BCUT2D eigenvalue weighted by Gasteiger charge is -2.10. The van der Waals surface area contributed by atoms with Crippen LogP contribution < -0.4 is 14.8 Å². The van der Waals surface area contributed by atoms with E-state index in [9.17, 15) is 0 Å². The van der Waals surface area contributed by atoms with Crippen molar-refractivity contribution in [3.63, 3.8) is 0 Å². The van der Waals surface area contributed by atoms with E-state index in [2.05, 4.69) is 29.6 Å². The summed E-state index contributed by atoms with van der Waals surface area (Å²) in [5.74, 6) is 1.71. The standard InChI is InChI=1S/C22H22ClNO2.ClH/c1-25-20-11-9-17(10-12-20)14-24-15-18-5-4-7-21(13-18)26-16-19-6-2-3-8-22(19)23;/h2-13,24H,14-16H2,1H3;1H. The van der Waals surface area contributed by atoms with Crippen molar-refractivity contribution in [2.24, 2.45) is 0 Å². The number of halogens is 2. The molecule has 0 amide bonds. The van der Waals surface area contributed by atoms with E-state index in [1.165, 1.54) is 11.1 Å². The first-order valence-electron chi connectivity index (χ1n) is 8.53. The Morgan fingerprint density at radius 3 is 2.30 bits per heavy atom. The van der Waals surface area contributed by atoms with E-state index in [-0.39, 0.29) is 12.4 Å². The van der Waals surface area contributed by atoms with Gasteiger partial charge in [0.15, 0.2) is 0 Å². The number of hydrogen-bond acceptors (Lipinski definition) is 3. The summed E-state index contributed by atoms with van der Waals surface area (Å²) >= 11 is 6.17. The van der Waals surface area contributed by atoms with Crippen molar-refractivity contribution < 1.29 is 9.47 Å². The molecular weight excluding hydrogens is 381 g/mol. The van der Waals surface area contributed by atoms with Gasteiger partial charge in [-0.3, -0.25) is 0 Å². The number of rotatable bonds is 8. The van der Waals surface area contributed by atoms with Gasteiger partial charge < -0.3 is 14.8 Å². The Morgan fingerprint density at radius 2 is 1.56 bits per heavy atom. The van der Waals surface area contributed by atoms with Crippen molar-refractivity contribution in [1.82, 2.24) is 5.32 Å². The van der Waals surface area contributed by atoms with Gasteiger partial charge in [0.2, 0.25) is 0 Å². The molecule has 3 aromatic carbocycles. The van der Waals surface area contributed by atoms with Crippen molar-refractivity contribution in [3.05, 3.63) is 94.5 Å². The summed E-state index contributed by atoms with van der Waals surface area (Å²) in [5, 5.41) is 4.17. The lowest BCUT2D eigenvalue weighted by molar-refractivity contribution is 0.306. The van der Waals surface area contributed by atoms with Crippen molar-refractivity contribution in [2.45, 2.75) is 19.7 Å². The lowest BCUT2D eigenvalue weighted by Crippen LogP contribution is -2.12. The number of benzene rings is 3. The number of ether oxygens (including phenoxy) is 2. The maximum atomic E-state index is 6.17. The van der Waals surface area contributed by atoms with Gasteiger partial charge in [-0.05, 0) is 41.5 Å². The van der Waals surface area contributed by atoms with Crippen LogP contribution in [0.1, 0.15) is 16.7 Å².